The predicted octanol–water partition coefficient (Wildman–Crippen LogP) is 13.7. The fourth-order valence-electron chi connectivity index (χ4n) is 11.2. The molecule has 14 nitrogen and oxygen atoms in total. The number of ketones is 1. The van der Waals surface area contributed by atoms with Crippen molar-refractivity contribution >= 4 is 79.5 Å². The average molecular weight is 1050 g/mol. The van der Waals surface area contributed by atoms with Crippen LogP contribution in [0.15, 0.2) is 66.4 Å². The maximum atomic E-state index is 15.2. The second-order valence-electron chi connectivity index (χ2n) is 21.5. The molecule has 14 heteroatoms. The highest BCUT2D eigenvalue weighted by molar-refractivity contribution is 6.34. The number of anilines is 4. The molecule has 0 spiro atoms. The van der Waals surface area contributed by atoms with Crippen LogP contribution in [0.4, 0.5) is 22.7 Å². The van der Waals surface area contributed by atoms with Crippen LogP contribution in [0.3, 0.4) is 0 Å². The van der Waals surface area contributed by atoms with Crippen molar-refractivity contribution in [3.05, 3.63) is 77.5 Å². The molecule has 0 fully saturated rings. The number of Topliss-reactive ketones (excluding diaryl/α,β-unsaturated/α-hetero) is 1. The van der Waals surface area contributed by atoms with Crippen LogP contribution in [0.2, 0.25) is 0 Å². The van der Waals surface area contributed by atoms with E-state index in [2.05, 4.69) is 49.0 Å². The Morgan fingerprint density at radius 3 is 1.24 bits per heavy atom. The van der Waals surface area contributed by atoms with E-state index in [9.17, 15) is 24.3 Å². The number of hydrogen-bond donors (Lipinski definition) is 5. The van der Waals surface area contributed by atoms with Crippen molar-refractivity contribution in [1.29, 1.82) is 0 Å². The largest absolute Gasteiger partial charge is 0.510 e. The molecule has 0 saturated heterocycles. The van der Waals surface area contributed by atoms with Crippen LogP contribution in [0.1, 0.15) is 175 Å². The molecule has 4 aromatic rings. The zero-order valence-electron chi connectivity index (χ0n) is 46.4. The molecule has 0 saturated carbocycles. The highest BCUT2D eigenvalue weighted by Crippen LogP contribution is 2.53. The van der Waals surface area contributed by atoms with Crippen LogP contribution >= 0.6 is 0 Å². The molecule has 3 aliphatic rings. The summed E-state index contributed by atoms with van der Waals surface area (Å²) in [5.41, 5.74) is 0.753. The van der Waals surface area contributed by atoms with Crippen molar-refractivity contribution in [3.8, 4) is 0 Å². The lowest BCUT2D eigenvalue weighted by Gasteiger charge is -2.43. The number of rotatable bonds is 30. The van der Waals surface area contributed by atoms with Crippen molar-refractivity contribution in [2.45, 2.75) is 175 Å². The van der Waals surface area contributed by atoms with E-state index in [1.165, 1.54) is 0 Å². The minimum atomic E-state index is -1.36. The molecule has 0 bridgehead atoms. The van der Waals surface area contributed by atoms with Gasteiger partial charge in [-0.05, 0) is 79.8 Å². The Morgan fingerprint density at radius 2 is 0.868 bits per heavy atom. The van der Waals surface area contributed by atoms with Crippen molar-refractivity contribution in [2.75, 3.05) is 47.7 Å². The maximum absolute atomic E-state index is 15.2. The maximum Gasteiger partial charge on any atom is 0.309 e. The fourth-order valence-corrected chi connectivity index (χ4v) is 11.2. The van der Waals surface area contributed by atoms with Gasteiger partial charge >= 0.3 is 23.9 Å². The molecule has 4 aromatic carbocycles. The molecule has 2 heterocycles. The minimum absolute atomic E-state index is 0.115. The van der Waals surface area contributed by atoms with Crippen LogP contribution in [-0.2, 0) is 42.9 Å². The van der Waals surface area contributed by atoms with Crippen LogP contribution in [-0.4, -0.2) is 72.5 Å². The van der Waals surface area contributed by atoms with E-state index >= 15 is 4.79 Å². The third-order valence-electron chi connectivity index (χ3n) is 16.0. The summed E-state index contributed by atoms with van der Waals surface area (Å²) in [6.45, 7) is 15.4. The Balaban J connectivity index is 1.28. The summed E-state index contributed by atoms with van der Waals surface area (Å²) in [4.78, 5) is 70.2. The van der Waals surface area contributed by atoms with Gasteiger partial charge in [-0.15, -0.1) is 0 Å². The van der Waals surface area contributed by atoms with Gasteiger partial charge in [0.1, 0.15) is 38.1 Å². The first-order valence-electron chi connectivity index (χ1n) is 28.6. The Bertz CT molecular complexity index is 2690. The average Bonchev–Trinajstić information content (AvgIpc) is 3.45. The summed E-state index contributed by atoms with van der Waals surface area (Å²) < 4.78 is 24.6. The third kappa shape index (κ3) is 12.4. The number of nitrogens with one attached hydrogen (secondary N) is 4. The number of carbonyl (C=O) groups is 5. The molecule has 2 aliphatic heterocycles. The first-order valence-corrected chi connectivity index (χ1v) is 28.6. The Morgan fingerprint density at radius 1 is 0.500 bits per heavy atom. The second kappa shape index (κ2) is 26.2. The lowest BCUT2D eigenvalue weighted by molar-refractivity contribution is -0.156. The number of carbonyl (C=O) groups excluding carboxylic acids is 5. The van der Waals surface area contributed by atoms with E-state index in [-0.39, 0.29) is 91.1 Å². The lowest BCUT2D eigenvalue weighted by atomic mass is 9.73. The van der Waals surface area contributed by atoms with Gasteiger partial charge < -0.3 is 45.3 Å². The molecule has 1 aliphatic carbocycles. The van der Waals surface area contributed by atoms with Crippen molar-refractivity contribution in [2.24, 2.45) is 23.7 Å². The highest BCUT2D eigenvalue weighted by Gasteiger charge is 2.48. The number of ether oxygens (including phenoxy) is 4. The number of unbranched alkanes of at least 4 members (excludes halogenated alkanes) is 4. The quantitative estimate of drug-likeness (QED) is 0.0245. The molecule has 7 rings (SSSR count). The van der Waals surface area contributed by atoms with E-state index in [0.717, 1.165) is 72.9 Å². The highest BCUT2D eigenvalue weighted by atomic mass is 16.6. The van der Waals surface area contributed by atoms with Crippen molar-refractivity contribution < 1.29 is 48.0 Å². The molecule has 412 valence electrons. The minimum Gasteiger partial charge on any atom is -0.510 e. The zero-order valence-corrected chi connectivity index (χ0v) is 46.4. The number of hydrogen-bond acceptors (Lipinski definition) is 14. The summed E-state index contributed by atoms with van der Waals surface area (Å²) in [6.07, 6.45) is 12.5. The number of benzene rings is 4. The van der Waals surface area contributed by atoms with Gasteiger partial charge in [0.15, 0.2) is 17.1 Å². The summed E-state index contributed by atoms with van der Waals surface area (Å²) in [6, 6.07) is 19.0. The lowest BCUT2D eigenvalue weighted by Crippen LogP contribution is -2.57. The van der Waals surface area contributed by atoms with Crippen molar-refractivity contribution in [3.63, 3.8) is 0 Å². The normalized spacial score (nSPS) is 20.0. The van der Waals surface area contributed by atoms with Gasteiger partial charge in [0.2, 0.25) is 0 Å². The molecule has 0 amide bonds. The molecule has 0 aromatic heterocycles. The molecular weight excluding hydrogens is 961 g/mol. The smallest absolute Gasteiger partial charge is 0.309 e. The Hall–Kier alpha value is -6.31. The van der Waals surface area contributed by atoms with E-state index in [1.807, 2.05) is 88.4 Å². The monoisotopic (exact) mass is 1040 g/mol. The van der Waals surface area contributed by atoms with Gasteiger partial charge in [0, 0.05) is 27.7 Å². The second-order valence-corrected chi connectivity index (χ2v) is 21.5. The van der Waals surface area contributed by atoms with Crippen molar-refractivity contribution in [1.82, 2.24) is 0 Å². The van der Waals surface area contributed by atoms with E-state index in [4.69, 9.17) is 18.9 Å². The van der Waals surface area contributed by atoms with Crippen LogP contribution in [0, 0.1) is 23.7 Å². The first kappa shape index (κ1) is 57.4. The number of allylic oxidation sites excluding steroid dienone is 2. The third-order valence-corrected chi connectivity index (χ3v) is 16.0. The van der Waals surface area contributed by atoms with Crippen LogP contribution in [0.25, 0.3) is 27.1 Å². The molecule has 76 heavy (non-hydrogen) atoms. The first-order chi connectivity index (χ1) is 36.7. The molecule has 5 unspecified atom stereocenters. The predicted molar refractivity (Wildman–Crippen MR) is 302 cm³/mol. The van der Waals surface area contributed by atoms with E-state index < -0.39 is 17.2 Å². The summed E-state index contributed by atoms with van der Waals surface area (Å²) in [5.74, 6) is -4.13. The van der Waals surface area contributed by atoms with E-state index in [0.29, 0.717) is 85.2 Å². The topological polar surface area (TPSA) is 191 Å². The van der Waals surface area contributed by atoms with Crippen LogP contribution in [0.5, 0.6) is 0 Å². The van der Waals surface area contributed by atoms with Gasteiger partial charge in [-0.25, -0.2) is 0 Å². The SMILES string of the molecule is CCCCC(CC)C(=O)OCC1(COC(=O)C(CC)CCCC)Nc2cccc3ccc(C4=C(O)C(c5ccc6cccc7c6c5NC(COC(=O)C(CC)CCCC)(COC(=O)C(CC)CCCC)N7)C4=O)c(c23)N1. The summed E-state index contributed by atoms with van der Waals surface area (Å²) in [7, 11) is 0. The fraction of sp³-hybridized carbons (Fsp3) is 0.565. The van der Waals surface area contributed by atoms with Gasteiger partial charge in [-0.1, -0.05) is 155 Å². The standard InChI is InChI=1S/C62H84N4O10/c1-9-17-23-39(13-5)57(69)73-35-61(36-74-58(70)40(14-6)24-18-10-2)63-47-29-21-27-43-31-33-45(53(65-61)49(43)47)51-55(67)52(56(51)68)46-34-32-44-28-22-30-48-50(44)54(46)66-62(64-48,37-75-59(71)41(15-7)25-19-11-3)38-76-60(72)42(16-8)26-20-12-4/h21-22,27-34,39-42,51,63-67H,9-20,23-26,35-38H2,1-8H3. The summed E-state index contributed by atoms with van der Waals surface area (Å²) in [5, 5.41) is 30.1. The zero-order chi connectivity index (χ0) is 54.6. The van der Waals surface area contributed by atoms with E-state index in [1.54, 1.807) is 0 Å². The number of aliphatic hydroxyl groups is 1. The molecular formula is C62H84N4O10. The summed E-state index contributed by atoms with van der Waals surface area (Å²) >= 11 is 0. The van der Waals surface area contributed by atoms with Gasteiger partial charge in [0.05, 0.1) is 40.6 Å². The molecule has 5 atom stereocenters. The molecule has 0 radical (unpaired) electrons. The van der Waals surface area contributed by atoms with Gasteiger partial charge in [-0.2, -0.15) is 0 Å². The molecule has 5 N–H and O–H groups in total. The number of esters is 4. The Labute approximate surface area is 450 Å². The Kier molecular flexibility index (Phi) is 19.8. The van der Waals surface area contributed by atoms with Crippen LogP contribution < -0.4 is 21.3 Å². The number of aliphatic hydroxyl groups excluding tert-OH is 1. The van der Waals surface area contributed by atoms with Gasteiger partial charge in [-0.3, -0.25) is 24.0 Å². The van der Waals surface area contributed by atoms with Gasteiger partial charge in [0.25, 0.3) is 0 Å².